The van der Waals surface area contributed by atoms with Gasteiger partial charge in [0.2, 0.25) is 0 Å². The molecular weight excluding hydrogens is 204 g/mol. The Morgan fingerprint density at radius 1 is 1.31 bits per heavy atom. The van der Waals surface area contributed by atoms with Crippen molar-refractivity contribution in [1.82, 2.24) is 5.32 Å². The van der Waals surface area contributed by atoms with E-state index in [1.54, 1.807) is 4.90 Å². The molecule has 84 valence electrons. The number of hydrogen-bond acceptors (Lipinski definition) is 3. The highest BCUT2D eigenvalue weighted by Crippen LogP contribution is 2.31. The summed E-state index contributed by atoms with van der Waals surface area (Å²) in [5.41, 5.74) is 0.615. The van der Waals surface area contributed by atoms with Crippen LogP contribution in [0.2, 0.25) is 0 Å². The standard InChI is InChI=1S/C12H14N2O2/c15-11-14(10-4-2-1-3-5-10)9-12(16-11)6-7-13-8-12/h1-5,13H,6-9H2. The van der Waals surface area contributed by atoms with Gasteiger partial charge in [-0.15, -0.1) is 0 Å². The zero-order valence-corrected chi connectivity index (χ0v) is 8.98. The van der Waals surface area contributed by atoms with Gasteiger partial charge in [-0.25, -0.2) is 4.79 Å². The number of carbonyl (C=O) groups excluding carboxylic acids is 1. The molecule has 1 N–H and O–H groups in total. The molecule has 1 amide bonds. The van der Waals surface area contributed by atoms with Gasteiger partial charge in [0.05, 0.1) is 6.54 Å². The van der Waals surface area contributed by atoms with E-state index in [0.717, 1.165) is 25.2 Å². The van der Waals surface area contributed by atoms with Crippen molar-refractivity contribution in [2.24, 2.45) is 0 Å². The molecule has 1 aromatic carbocycles. The topological polar surface area (TPSA) is 41.6 Å². The lowest BCUT2D eigenvalue weighted by Crippen LogP contribution is -2.36. The lowest BCUT2D eigenvalue weighted by atomic mass is 10.0. The smallest absolute Gasteiger partial charge is 0.415 e. The second kappa shape index (κ2) is 3.49. The maximum Gasteiger partial charge on any atom is 0.415 e. The Hall–Kier alpha value is -1.55. The molecule has 16 heavy (non-hydrogen) atoms. The van der Waals surface area contributed by atoms with E-state index in [1.807, 2.05) is 30.3 Å². The lowest BCUT2D eigenvalue weighted by Gasteiger charge is -2.19. The first-order chi connectivity index (χ1) is 7.79. The second-order valence-corrected chi connectivity index (χ2v) is 4.40. The number of hydrogen-bond donors (Lipinski definition) is 1. The van der Waals surface area contributed by atoms with Crippen LogP contribution in [0.4, 0.5) is 10.5 Å². The maximum absolute atomic E-state index is 11.8. The van der Waals surface area contributed by atoms with Gasteiger partial charge >= 0.3 is 6.09 Å². The molecule has 1 aromatic rings. The molecular formula is C12H14N2O2. The number of anilines is 1. The Bertz CT molecular complexity index is 399. The highest BCUT2D eigenvalue weighted by Gasteiger charge is 2.47. The summed E-state index contributed by atoms with van der Waals surface area (Å²) in [4.78, 5) is 13.5. The Morgan fingerprint density at radius 3 is 2.81 bits per heavy atom. The van der Waals surface area contributed by atoms with E-state index in [9.17, 15) is 4.79 Å². The Balaban J connectivity index is 1.86. The van der Waals surface area contributed by atoms with Gasteiger partial charge in [0.25, 0.3) is 0 Å². The number of ether oxygens (including phenoxy) is 1. The van der Waals surface area contributed by atoms with Gasteiger partial charge in [-0.05, 0) is 18.7 Å². The summed E-state index contributed by atoms with van der Waals surface area (Å²) in [5, 5.41) is 3.24. The van der Waals surface area contributed by atoms with Gasteiger partial charge in [-0.3, -0.25) is 4.90 Å². The molecule has 1 unspecified atom stereocenters. The number of nitrogens with zero attached hydrogens (tertiary/aromatic N) is 1. The predicted octanol–water partition coefficient (Wildman–Crippen LogP) is 1.38. The summed E-state index contributed by atoms with van der Waals surface area (Å²) in [5.74, 6) is 0. The van der Waals surface area contributed by atoms with Crippen LogP contribution in [0.3, 0.4) is 0 Å². The van der Waals surface area contributed by atoms with E-state index in [1.165, 1.54) is 0 Å². The van der Waals surface area contributed by atoms with Crippen molar-refractivity contribution in [2.45, 2.75) is 12.0 Å². The highest BCUT2D eigenvalue weighted by atomic mass is 16.6. The van der Waals surface area contributed by atoms with Crippen LogP contribution in [0.1, 0.15) is 6.42 Å². The van der Waals surface area contributed by atoms with Crippen molar-refractivity contribution in [3.8, 4) is 0 Å². The third kappa shape index (κ3) is 1.46. The van der Waals surface area contributed by atoms with Gasteiger partial charge in [-0.2, -0.15) is 0 Å². The largest absolute Gasteiger partial charge is 0.439 e. The SMILES string of the molecule is O=C1OC2(CCNC2)CN1c1ccccc1. The van der Waals surface area contributed by atoms with Crippen molar-refractivity contribution in [3.63, 3.8) is 0 Å². The van der Waals surface area contributed by atoms with Crippen LogP contribution in [0, 0.1) is 0 Å². The fraction of sp³-hybridized carbons (Fsp3) is 0.417. The number of amides is 1. The summed E-state index contributed by atoms with van der Waals surface area (Å²) in [7, 11) is 0. The number of benzene rings is 1. The number of para-hydroxylation sites is 1. The molecule has 0 aliphatic carbocycles. The van der Waals surface area contributed by atoms with Gasteiger partial charge in [0.15, 0.2) is 0 Å². The molecule has 2 aliphatic rings. The zero-order valence-electron chi connectivity index (χ0n) is 8.98. The van der Waals surface area contributed by atoms with E-state index in [-0.39, 0.29) is 11.7 Å². The molecule has 1 atom stereocenters. The van der Waals surface area contributed by atoms with Crippen LogP contribution in [0.25, 0.3) is 0 Å². The fourth-order valence-electron chi connectivity index (χ4n) is 2.37. The predicted molar refractivity (Wildman–Crippen MR) is 60.5 cm³/mol. The van der Waals surface area contributed by atoms with Gasteiger partial charge in [0, 0.05) is 18.7 Å². The van der Waals surface area contributed by atoms with E-state index in [0.29, 0.717) is 6.54 Å². The van der Waals surface area contributed by atoms with Crippen LogP contribution >= 0.6 is 0 Å². The molecule has 4 heteroatoms. The van der Waals surface area contributed by atoms with Gasteiger partial charge in [-0.1, -0.05) is 18.2 Å². The van der Waals surface area contributed by atoms with Crippen LogP contribution in [-0.2, 0) is 4.74 Å². The molecule has 2 fully saturated rings. The minimum atomic E-state index is -0.299. The summed E-state index contributed by atoms with van der Waals surface area (Å²) < 4.78 is 5.50. The Morgan fingerprint density at radius 2 is 2.12 bits per heavy atom. The molecule has 2 heterocycles. The lowest BCUT2D eigenvalue weighted by molar-refractivity contribution is 0.0733. The Labute approximate surface area is 94.2 Å². The second-order valence-electron chi connectivity index (χ2n) is 4.40. The molecule has 0 bridgehead atoms. The van der Waals surface area contributed by atoms with Gasteiger partial charge in [0.1, 0.15) is 5.60 Å². The highest BCUT2D eigenvalue weighted by molar-refractivity contribution is 5.90. The quantitative estimate of drug-likeness (QED) is 0.774. The number of carbonyl (C=O) groups is 1. The van der Waals surface area contributed by atoms with Crippen molar-refractivity contribution in [2.75, 3.05) is 24.5 Å². The summed E-state index contributed by atoms with van der Waals surface area (Å²) in [6.07, 6.45) is 0.678. The maximum atomic E-state index is 11.8. The molecule has 2 aliphatic heterocycles. The normalized spacial score (nSPS) is 28.8. The van der Waals surface area contributed by atoms with E-state index < -0.39 is 0 Å². The first-order valence-electron chi connectivity index (χ1n) is 5.55. The molecule has 0 saturated carbocycles. The molecule has 2 saturated heterocycles. The molecule has 3 rings (SSSR count). The summed E-state index contributed by atoms with van der Waals surface area (Å²) >= 11 is 0. The van der Waals surface area contributed by atoms with Crippen LogP contribution < -0.4 is 10.2 Å². The first kappa shape index (κ1) is 9.66. The third-order valence-corrected chi connectivity index (χ3v) is 3.24. The fourth-order valence-corrected chi connectivity index (χ4v) is 2.37. The first-order valence-corrected chi connectivity index (χ1v) is 5.55. The monoisotopic (exact) mass is 218 g/mol. The van der Waals surface area contributed by atoms with Crippen molar-refractivity contribution < 1.29 is 9.53 Å². The third-order valence-electron chi connectivity index (χ3n) is 3.24. The molecule has 4 nitrogen and oxygen atoms in total. The minimum absolute atomic E-state index is 0.227. The van der Waals surface area contributed by atoms with Crippen molar-refractivity contribution in [3.05, 3.63) is 30.3 Å². The van der Waals surface area contributed by atoms with Crippen LogP contribution in [0.15, 0.2) is 30.3 Å². The van der Waals surface area contributed by atoms with Crippen molar-refractivity contribution in [1.29, 1.82) is 0 Å². The number of nitrogens with one attached hydrogen (secondary N) is 1. The Kier molecular flexibility index (Phi) is 2.11. The minimum Gasteiger partial charge on any atom is -0.439 e. The van der Waals surface area contributed by atoms with Crippen molar-refractivity contribution >= 4 is 11.8 Å². The molecule has 1 spiro atoms. The molecule has 0 radical (unpaired) electrons. The number of rotatable bonds is 1. The average molecular weight is 218 g/mol. The van der Waals surface area contributed by atoms with Crippen LogP contribution in [0.5, 0.6) is 0 Å². The molecule has 0 aromatic heterocycles. The van der Waals surface area contributed by atoms with E-state index >= 15 is 0 Å². The van der Waals surface area contributed by atoms with E-state index in [2.05, 4.69) is 5.32 Å². The summed E-state index contributed by atoms with van der Waals surface area (Å²) in [6.45, 7) is 2.35. The summed E-state index contributed by atoms with van der Waals surface area (Å²) in [6, 6.07) is 9.67. The van der Waals surface area contributed by atoms with Crippen LogP contribution in [-0.4, -0.2) is 31.3 Å². The van der Waals surface area contributed by atoms with E-state index in [4.69, 9.17) is 4.74 Å². The van der Waals surface area contributed by atoms with Gasteiger partial charge < -0.3 is 10.1 Å². The average Bonchev–Trinajstić information content (AvgIpc) is 2.88. The zero-order chi connectivity index (χ0) is 11.0.